The van der Waals surface area contributed by atoms with Crippen LogP contribution in [0.2, 0.25) is 5.02 Å². The first-order valence-corrected chi connectivity index (χ1v) is 13.5. The van der Waals surface area contributed by atoms with Crippen LogP contribution in [0.3, 0.4) is 0 Å². The van der Waals surface area contributed by atoms with Gasteiger partial charge in [-0.05, 0) is 55.3 Å². The largest absolute Gasteiger partial charge is 0.462 e. The second-order valence-electron chi connectivity index (χ2n) is 8.28. The minimum absolute atomic E-state index is 0.00217. The van der Waals surface area contributed by atoms with Gasteiger partial charge in [0, 0.05) is 11.6 Å². The van der Waals surface area contributed by atoms with Gasteiger partial charge in [-0.2, -0.15) is 0 Å². The quantitative estimate of drug-likeness (QED) is 0.265. The van der Waals surface area contributed by atoms with Crippen LogP contribution in [-0.4, -0.2) is 35.5 Å². The summed E-state index contributed by atoms with van der Waals surface area (Å²) < 4.78 is 36.5. The van der Waals surface area contributed by atoms with Gasteiger partial charge in [-0.15, -0.1) is 0 Å². The maximum Gasteiger partial charge on any atom is 0.344 e. The van der Waals surface area contributed by atoms with E-state index in [4.69, 9.17) is 26.3 Å². The lowest BCUT2D eigenvalue weighted by atomic mass is 10.1. The Kier molecular flexibility index (Phi) is 6.82. The average Bonchev–Trinajstić information content (AvgIpc) is 3.18. The molecular formula is C27H23ClN4O4S. The van der Waals surface area contributed by atoms with Crippen molar-refractivity contribution < 1.29 is 17.9 Å². The van der Waals surface area contributed by atoms with E-state index in [1.807, 2.05) is 48.5 Å². The van der Waals surface area contributed by atoms with Crippen molar-refractivity contribution in [1.82, 2.24) is 14.5 Å². The third-order valence-electron chi connectivity index (χ3n) is 5.85. The Balaban J connectivity index is 1.73. The molecule has 0 aliphatic carbocycles. The first-order chi connectivity index (χ1) is 17.9. The second-order valence-corrected chi connectivity index (χ2v) is 10.4. The molecule has 0 saturated heterocycles. The lowest BCUT2D eigenvalue weighted by Crippen LogP contribution is -2.19. The third kappa shape index (κ3) is 5.00. The highest BCUT2D eigenvalue weighted by atomic mass is 35.5. The van der Waals surface area contributed by atoms with Gasteiger partial charge in [0.05, 0.1) is 22.5 Å². The van der Waals surface area contributed by atoms with Gasteiger partial charge < -0.3 is 9.30 Å². The molecule has 0 fully saturated rings. The predicted molar refractivity (Wildman–Crippen MR) is 143 cm³/mol. The zero-order valence-electron chi connectivity index (χ0n) is 19.9. The molecule has 2 heterocycles. The lowest BCUT2D eigenvalue weighted by molar-refractivity contribution is 0.0529. The number of para-hydroxylation sites is 2. The number of anilines is 1. The average molecular weight is 535 g/mol. The molecule has 3 aromatic carbocycles. The summed E-state index contributed by atoms with van der Waals surface area (Å²) in [6.45, 7) is 2.14. The summed E-state index contributed by atoms with van der Waals surface area (Å²) in [4.78, 5) is 22.7. The Hall–Kier alpha value is -3.95. The Morgan fingerprint density at radius 3 is 2.27 bits per heavy atom. The van der Waals surface area contributed by atoms with Gasteiger partial charge in [-0.1, -0.05) is 54.1 Å². The first kappa shape index (κ1) is 24.7. The van der Waals surface area contributed by atoms with Crippen molar-refractivity contribution >= 4 is 55.6 Å². The number of esters is 1. The van der Waals surface area contributed by atoms with Gasteiger partial charge in [0.2, 0.25) is 0 Å². The smallest absolute Gasteiger partial charge is 0.344 e. The molecule has 5 rings (SSSR count). The van der Waals surface area contributed by atoms with Crippen LogP contribution in [0, 0.1) is 0 Å². The van der Waals surface area contributed by atoms with Gasteiger partial charge in [0.25, 0.3) is 10.0 Å². The van der Waals surface area contributed by atoms with E-state index in [2.05, 4.69) is 4.72 Å². The first-order valence-electron chi connectivity index (χ1n) is 11.7. The number of ether oxygens (including phenoxy) is 1. The summed E-state index contributed by atoms with van der Waals surface area (Å²) in [6.07, 6.45) is 0.567. The zero-order valence-corrected chi connectivity index (χ0v) is 21.5. The highest BCUT2D eigenvalue weighted by Gasteiger charge is 2.29. The van der Waals surface area contributed by atoms with Crippen LogP contribution >= 0.6 is 11.6 Å². The molecule has 1 N–H and O–H groups in total. The molecule has 0 unspecified atom stereocenters. The number of sulfonamides is 1. The molecule has 0 radical (unpaired) electrons. The van der Waals surface area contributed by atoms with Crippen molar-refractivity contribution in [1.29, 1.82) is 0 Å². The third-order valence-corrected chi connectivity index (χ3v) is 7.46. The Morgan fingerprint density at radius 1 is 0.946 bits per heavy atom. The molecule has 5 aromatic rings. The Bertz CT molecular complexity index is 1700. The fraction of sp³-hybridized carbons (Fsp3) is 0.148. The van der Waals surface area contributed by atoms with Crippen LogP contribution in [0.15, 0.2) is 83.8 Å². The van der Waals surface area contributed by atoms with E-state index in [0.717, 1.165) is 5.56 Å². The minimum Gasteiger partial charge on any atom is -0.462 e. The molecule has 0 atom stereocenters. The molecule has 0 aliphatic heterocycles. The van der Waals surface area contributed by atoms with Crippen molar-refractivity contribution in [3.8, 4) is 0 Å². The van der Waals surface area contributed by atoms with E-state index in [0.29, 0.717) is 34.7 Å². The number of fused-ring (bicyclic) bond motifs is 2. The molecule has 10 heteroatoms. The standard InChI is InChI=1S/C27H23ClN4O4S/c1-2-36-27(33)23-24-26(30-22-11-7-6-10-21(22)29-24)32(17-16-18-8-4-3-5-9-18)25(23)31-37(34,35)20-14-12-19(28)13-15-20/h3-15,31H,2,16-17H2,1H3. The highest BCUT2D eigenvalue weighted by molar-refractivity contribution is 7.92. The molecule has 2 aromatic heterocycles. The summed E-state index contributed by atoms with van der Waals surface area (Å²) in [5.41, 5.74) is 2.90. The van der Waals surface area contributed by atoms with Crippen molar-refractivity contribution in [3.63, 3.8) is 0 Å². The number of nitrogens with zero attached hydrogens (tertiary/aromatic N) is 3. The molecule has 0 amide bonds. The van der Waals surface area contributed by atoms with Gasteiger partial charge >= 0.3 is 5.97 Å². The number of benzene rings is 3. The van der Waals surface area contributed by atoms with Crippen LogP contribution in [0.5, 0.6) is 0 Å². The summed E-state index contributed by atoms with van der Waals surface area (Å²) in [7, 11) is -4.09. The normalized spacial score (nSPS) is 11.6. The van der Waals surface area contributed by atoms with E-state index in [9.17, 15) is 13.2 Å². The molecule has 37 heavy (non-hydrogen) atoms. The van der Waals surface area contributed by atoms with Gasteiger partial charge in [0.15, 0.2) is 5.65 Å². The van der Waals surface area contributed by atoms with E-state index in [-0.39, 0.29) is 28.4 Å². The fourth-order valence-corrected chi connectivity index (χ4v) is 5.31. The lowest BCUT2D eigenvalue weighted by Gasteiger charge is -2.14. The van der Waals surface area contributed by atoms with Crippen molar-refractivity contribution in [2.75, 3.05) is 11.3 Å². The van der Waals surface area contributed by atoms with Crippen LogP contribution in [0.4, 0.5) is 5.82 Å². The minimum atomic E-state index is -4.09. The summed E-state index contributed by atoms with van der Waals surface area (Å²) in [5.74, 6) is -0.640. The summed E-state index contributed by atoms with van der Waals surface area (Å²) in [5, 5.41) is 0.406. The van der Waals surface area contributed by atoms with E-state index < -0.39 is 16.0 Å². The number of aryl methyl sites for hydroxylation is 2. The molecule has 0 aliphatic rings. The topological polar surface area (TPSA) is 103 Å². The molecule has 188 valence electrons. The Morgan fingerprint density at radius 2 is 1.59 bits per heavy atom. The number of hydrogen-bond donors (Lipinski definition) is 1. The van der Waals surface area contributed by atoms with Gasteiger partial charge in [-0.25, -0.2) is 23.2 Å². The van der Waals surface area contributed by atoms with E-state index >= 15 is 0 Å². The second kappa shape index (κ2) is 10.2. The number of hydrogen-bond acceptors (Lipinski definition) is 6. The van der Waals surface area contributed by atoms with Gasteiger partial charge in [0.1, 0.15) is 16.9 Å². The zero-order chi connectivity index (χ0) is 26.0. The van der Waals surface area contributed by atoms with E-state index in [1.54, 1.807) is 17.6 Å². The highest BCUT2D eigenvalue weighted by Crippen LogP contribution is 2.32. The van der Waals surface area contributed by atoms with Crippen molar-refractivity contribution in [2.24, 2.45) is 0 Å². The molecule has 0 spiro atoms. The molecule has 8 nitrogen and oxygen atoms in total. The van der Waals surface area contributed by atoms with Crippen LogP contribution in [-0.2, 0) is 27.7 Å². The molecule has 0 saturated carbocycles. The van der Waals surface area contributed by atoms with Crippen molar-refractivity contribution in [2.45, 2.75) is 24.8 Å². The van der Waals surface area contributed by atoms with E-state index in [1.165, 1.54) is 24.3 Å². The van der Waals surface area contributed by atoms with Crippen LogP contribution in [0.25, 0.3) is 22.2 Å². The number of carbonyl (C=O) groups is 1. The maximum absolute atomic E-state index is 13.4. The van der Waals surface area contributed by atoms with Crippen LogP contribution in [0.1, 0.15) is 22.8 Å². The Labute approximate surface area is 218 Å². The monoisotopic (exact) mass is 534 g/mol. The number of aromatic nitrogens is 3. The summed E-state index contributed by atoms with van der Waals surface area (Å²) in [6, 6.07) is 22.8. The number of halogens is 1. The predicted octanol–water partition coefficient (Wildman–Crippen LogP) is 5.46. The maximum atomic E-state index is 13.4. The fourth-order valence-electron chi connectivity index (χ4n) is 4.11. The van der Waals surface area contributed by atoms with Crippen molar-refractivity contribution in [3.05, 3.63) is 95.0 Å². The number of nitrogens with one attached hydrogen (secondary N) is 1. The van der Waals surface area contributed by atoms with Gasteiger partial charge in [-0.3, -0.25) is 4.72 Å². The summed E-state index contributed by atoms with van der Waals surface area (Å²) >= 11 is 5.96. The van der Waals surface area contributed by atoms with Crippen LogP contribution < -0.4 is 4.72 Å². The molecular weight excluding hydrogens is 512 g/mol. The SMILES string of the molecule is CCOC(=O)c1c(NS(=O)(=O)c2ccc(Cl)cc2)n(CCc2ccccc2)c2nc3ccccc3nc12. The number of rotatable bonds is 8. The number of carbonyl (C=O) groups excluding carboxylic acids is 1. The molecule has 0 bridgehead atoms.